The number of hydrogen-bond donors (Lipinski definition) is 0. The third-order valence-corrected chi connectivity index (χ3v) is 7.49. The molecule has 0 atom stereocenters. The Labute approximate surface area is 167 Å². The van der Waals surface area contributed by atoms with E-state index in [-0.39, 0.29) is 21.6 Å². The zero-order valence-corrected chi connectivity index (χ0v) is 16.9. The van der Waals surface area contributed by atoms with E-state index in [0.29, 0.717) is 35.6 Å². The molecule has 0 saturated heterocycles. The molecule has 144 valence electrons. The summed E-state index contributed by atoms with van der Waals surface area (Å²) in [5, 5.41) is 0.228. The Hall–Kier alpha value is -1.58. The quantitative estimate of drug-likeness (QED) is 0.699. The van der Waals surface area contributed by atoms with Gasteiger partial charge in [-0.05, 0) is 49.2 Å². The largest absolute Gasteiger partial charge is 0.468 e. The van der Waals surface area contributed by atoms with Gasteiger partial charge in [0.1, 0.15) is 16.3 Å². The van der Waals surface area contributed by atoms with E-state index >= 15 is 0 Å². The first-order valence-electron chi connectivity index (χ1n) is 8.55. The average molecular weight is 430 g/mol. The van der Waals surface area contributed by atoms with Crippen molar-refractivity contribution in [1.29, 1.82) is 0 Å². The number of carbonyl (C=O) groups is 1. The highest BCUT2D eigenvalue weighted by Gasteiger charge is 2.52. The Balaban J connectivity index is 1.75. The number of esters is 1. The molecule has 1 fully saturated rings. The van der Waals surface area contributed by atoms with Crippen LogP contribution in [0.2, 0.25) is 5.02 Å². The standard InChI is InChI=1S/C17H17ClFN3O3S2/c1-25-14(23)17(4-5-17)27-13-9-12(11(19)8-10(13)18)20-15-21-6-2-3-7-22(21)16(24)26-15/h8-9H,2-7H2,1H3. The van der Waals surface area contributed by atoms with Crippen LogP contribution in [0.4, 0.5) is 10.1 Å². The van der Waals surface area contributed by atoms with Gasteiger partial charge < -0.3 is 4.74 Å². The van der Waals surface area contributed by atoms with Gasteiger partial charge in [-0.25, -0.2) is 14.1 Å². The fourth-order valence-corrected chi connectivity index (χ4v) is 5.44. The van der Waals surface area contributed by atoms with Crippen molar-refractivity contribution in [1.82, 2.24) is 9.36 Å². The molecule has 1 aromatic heterocycles. The van der Waals surface area contributed by atoms with Crippen molar-refractivity contribution in [2.75, 3.05) is 7.11 Å². The number of fused-ring (bicyclic) bond motifs is 1. The zero-order chi connectivity index (χ0) is 19.2. The third kappa shape index (κ3) is 3.48. The van der Waals surface area contributed by atoms with E-state index in [1.54, 1.807) is 9.36 Å². The lowest BCUT2D eigenvalue weighted by atomic mass is 10.3. The second-order valence-electron chi connectivity index (χ2n) is 6.54. The van der Waals surface area contributed by atoms with Crippen molar-refractivity contribution in [3.8, 4) is 0 Å². The molecule has 10 heteroatoms. The Morgan fingerprint density at radius 1 is 1.33 bits per heavy atom. The number of aromatic nitrogens is 2. The topological polar surface area (TPSA) is 65.6 Å². The van der Waals surface area contributed by atoms with E-state index in [0.717, 1.165) is 24.2 Å². The van der Waals surface area contributed by atoms with Gasteiger partial charge in [-0.2, -0.15) is 0 Å². The van der Waals surface area contributed by atoms with Gasteiger partial charge >= 0.3 is 10.8 Å². The molecule has 2 heterocycles. The molecule has 0 spiro atoms. The minimum absolute atomic E-state index is 0.0972. The van der Waals surface area contributed by atoms with Crippen molar-refractivity contribution in [3.05, 3.63) is 37.4 Å². The van der Waals surface area contributed by atoms with E-state index in [9.17, 15) is 14.0 Å². The smallest absolute Gasteiger partial charge is 0.325 e. The van der Waals surface area contributed by atoms with Crippen molar-refractivity contribution < 1.29 is 13.9 Å². The lowest BCUT2D eigenvalue weighted by molar-refractivity contribution is -0.140. The fourth-order valence-electron chi connectivity index (χ4n) is 3.06. The Morgan fingerprint density at radius 3 is 2.70 bits per heavy atom. The molecule has 0 N–H and O–H groups in total. The molecule has 6 nitrogen and oxygen atoms in total. The van der Waals surface area contributed by atoms with Crippen molar-refractivity contribution in [2.45, 2.75) is 48.4 Å². The van der Waals surface area contributed by atoms with Crippen molar-refractivity contribution in [2.24, 2.45) is 4.99 Å². The molecule has 2 aliphatic rings. The maximum atomic E-state index is 14.5. The van der Waals surface area contributed by atoms with Crippen LogP contribution >= 0.6 is 34.7 Å². The summed E-state index contributed by atoms with van der Waals surface area (Å²) in [6, 6.07) is 2.74. The van der Waals surface area contributed by atoms with Gasteiger partial charge in [0, 0.05) is 18.0 Å². The molecule has 1 aromatic carbocycles. The first-order chi connectivity index (χ1) is 12.9. The molecule has 1 saturated carbocycles. The van der Waals surface area contributed by atoms with Crippen LogP contribution in [-0.4, -0.2) is 27.2 Å². The average Bonchev–Trinajstić information content (AvgIpc) is 3.38. The van der Waals surface area contributed by atoms with Crippen LogP contribution in [0.1, 0.15) is 25.7 Å². The van der Waals surface area contributed by atoms with Crippen LogP contribution in [0.15, 0.2) is 26.8 Å². The fraction of sp³-hybridized carbons (Fsp3) is 0.471. The highest BCUT2D eigenvalue weighted by molar-refractivity contribution is 8.01. The van der Waals surface area contributed by atoms with Gasteiger partial charge in [0.15, 0.2) is 0 Å². The molecular formula is C17H17ClFN3O3S2. The van der Waals surface area contributed by atoms with Crippen LogP contribution < -0.4 is 9.67 Å². The molecular weight excluding hydrogens is 413 g/mol. The van der Waals surface area contributed by atoms with E-state index < -0.39 is 10.6 Å². The van der Waals surface area contributed by atoms with Gasteiger partial charge in [-0.15, -0.1) is 11.8 Å². The second-order valence-corrected chi connectivity index (χ2v) is 9.29. The number of methoxy groups -OCH3 is 1. The number of hydrogen-bond acceptors (Lipinski definition) is 6. The minimum Gasteiger partial charge on any atom is -0.468 e. The lowest BCUT2D eigenvalue weighted by Gasteiger charge is -2.16. The summed E-state index contributed by atoms with van der Waals surface area (Å²) < 4.78 is 22.1. The first kappa shape index (κ1) is 18.8. The van der Waals surface area contributed by atoms with Crippen LogP contribution in [0, 0.1) is 5.82 Å². The second kappa shape index (κ2) is 7.10. The van der Waals surface area contributed by atoms with Crippen LogP contribution in [0.5, 0.6) is 0 Å². The van der Waals surface area contributed by atoms with E-state index in [1.165, 1.54) is 31.0 Å². The van der Waals surface area contributed by atoms with E-state index in [2.05, 4.69) is 4.99 Å². The number of ether oxygens (including phenoxy) is 1. The van der Waals surface area contributed by atoms with E-state index in [4.69, 9.17) is 16.3 Å². The third-order valence-electron chi connectivity index (χ3n) is 4.68. The number of carbonyl (C=O) groups excluding carboxylic acids is 1. The van der Waals surface area contributed by atoms with Crippen molar-refractivity contribution >= 4 is 46.4 Å². The predicted octanol–water partition coefficient (Wildman–Crippen LogP) is 3.33. The van der Waals surface area contributed by atoms with Gasteiger partial charge in [-0.1, -0.05) is 11.6 Å². The van der Waals surface area contributed by atoms with E-state index in [1.807, 2.05) is 0 Å². The maximum absolute atomic E-state index is 14.5. The molecule has 4 rings (SSSR count). The molecule has 0 bridgehead atoms. The summed E-state index contributed by atoms with van der Waals surface area (Å²) in [7, 11) is 1.35. The molecule has 0 unspecified atom stereocenters. The summed E-state index contributed by atoms with van der Waals surface area (Å²) in [5.41, 5.74) is 0.102. The molecule has 1 aliphatic carbocycles. The number of thioether (sulfide) groups is 1. The van der Waals surface area contributed by atoms with Crippen molar-refractivity contribution in [3.63, 3.8) is 0 Å². The summed E-state index contributed by atoms with van der Waals surface area (Å²) in [6.07, 6.45) is 3.28. The Bertz CT molecular complexity index is 1040. The van der Waals surface area contributed by atoms with Gasteiger partial charge in [0.2, 0.25) is 4.80 Å². The number of nitrogens with zero attached hydrogens (tertiary/aromatic N) is 3. The molecule has 1 aliphatic heterocycles. The number of halogens is 2. The number of benzene rings is 1. The molecule has 2 aromatic rings. The summed E-state index contributed by atoms with van der Waals surface area (Å²) in [4.78, 5) is 29.4. The normalized spacial score (nSPS) is 18.3. The summed E-state index contributed by atoms with van der Waals surface area (Å²) >= 11 is 8.48. The van der Waals surface area contributed by atoms with Gasteiger partial charge in [0.05, 0.1) is 12.1 Å². The highest BCUT2D eigenvalue weighted by atomic mass is 35.5. The monoisotopic (exact) mass is 429 g/mol. The molecule has 27 heavy (non-hydrogen) atoms. The predicted molar refractivity (Wildman–Crippen MR) is 102 cm³/mol. The van der Waals surface area contributed by atoms with Gasteiger partial charge in [-0.3, -0.25) is 14.3 Å². The van der Waals surface area contributed by atoms with Crippen LogP contribution in [-0.2, 0) is 22.6 Å². The van der Waals surface area contributed by atoms with Gasteiger partial charge in [0.25, 0.3) is 0 Å². The maximum Gasteiger partial charge on any atom is 0.325 e. The Morgan fingerprint density at radius 2 is 2.04 bits per heavy atom. The zero-order valence-electron chi connectivity index (χ0n) is 14.5. The summed E-state index contributed by atoms with van der Waals surface area (Å²) in [5.74, 6) is -0.870. The molecule has 0 amide bonds. The highest BCUT2D eigenvalue weighted by Crippen LogP contribution is 2.54. The minimum atomic E-state index is -0.650. The Kier molecular flexibility index (Phi) is 4.94. The number of rotatable bonds is 4. The lowest BCUT2D eigenvalue weighted by Crippen LogP contribution is -2.31. The SMILES string of the molecule is COC(=O)C1(Sc2cc(N=c3sc(=O)n4n3CCCC4)c(F)cc2Cl)CC1. The summed E-state index contributed by atoms with van der Waals surface area (Å²) in [6.45, 7) is 1.33. The molecule has 0 radical (unpaired) electrons. The first-order valence-corrected chi connectivity index (χ1v) is 10.6. The van der Waals surface area contributed by atoms with Crippen LogP contribution in [0.3, 0.4) is 0 Å². The van der Waals surface area contributed by atoms with Crippen LogP contribution in [0.25, 0.3) is 0 Å².